The summed E-state index contributed by atoms with van der Waals surface area (Å²) in [6.07, 6.45) is 13.3. The average Bonchev–Trinajstić information content (AvgIpc) is 2.44. The van der Waals surface area contributed by atoms with E-state index >= 15 is 0 Å². The summed E-state index contributed by atoms with van der Waals surface area (Å²) in [5, 5.41) is 0. The highest BCUT2D eigenvalue weighted by atomic mass is 15.0. The molecule has 14 heavy (non-hydrogen) atoms. The molecule has 0 spiro atoms. The van der Waals surface area contributed by atoms with Gasteiger partial charge in [-0.1, -0.05) is 25.2 Å². The number of allylic oxidation sites excluding steroid dienone is 3. The van der Waals surface area contributed by atoms with Crippen molar-refractivity contribution in [1.29, 1.82) is 0 Å². The molecule has 0 N–H and O–H groups in total. The average molecular weight is 187 g/mol. The Balaban J connectivity index is 2.07. The lowest BCUT2D eigenvalue weighted by atomic mass is 9.83. The summed E-state index contributed by atoms with van der Waals surface area (Å²) in [6.45, 7) is 0. The Morgan fingerprint density at radius 1 is 1.29 bits per heavy atom. The lowest BCUT2D eigenvalue weighted by Gasteiger charge is -2.22. The second kappa shape index (κ2) is 4.37. The Bertz CT molecular complexity index is 308. The van der Waals surface area contributed by atoms with Gasteiger partial charge in [-0.15, -0.1) is 0 Å². The molecular weight excluding hydrogens is 170 g/mol. The van der Waals surface area contributed by atoms with Crippen LogP contribution in [0.5, 0.6) is 0 Å². The van der Waals surface area contributed by atoms with E-state index in [4.69, 9.17) is 0 Å². The molecule has 0 radical (unpaired) electrons. The number of hydrogen-bond acceptors (Lipinski definition) is 1. The van der Waals surface area contributed by atoms with E-state index in [-0.39, 0.29) is 0 Å². The molecule has 1 aliphatic heterocycles. The molecule has 1 fully saturated rings. The van der Waals surface area contributed by atoms with Crippen molar-refractivity contribution in [2.45, 2.75) is 32.1 Å². The van der Waals surface area contributed by atoms with Gasteiger partial charge in [0, 0.05) is 19.3 Å². The molecule has 1 heteroatoms. The van der Waals surface area contributed by atoms with Crippen molar-refractivity contribution in [2.75, 3.05) is 7.05 Å². The summed E-state index contributed by atoms with van der Waals surface area (Å²) in [7, 11) is 1.99. The quantitative estimate of drug-likeness (QED) is 0.570. The summed E-state index contributed by atoms with van der Waals surface area (Å²) in [4.78, 5) is 1.92. The third kappa shape index (κ3) is 2.20. The van der Waals surface area contributed by atoms with Crippen LogP contribution in [0.2, 0.25) is 0 Å². The van der Waals surface area contributed by atoms with Crippen LogP contribution in [0.1, 0.15) is 32.1 Å². The van der Waals surface area contributed by atoms with Crippen molar-refractivity contribution in [3.63, 3.8) is 0 Å². The van der Waals surface area contributed by atoms with Crippen LogP contribution in [0.3, 0.4) is 0 Å². The Kier molecular flexibility index (Phi) is 2.93. The minimum Gasteiger partial charge on any atom is -0.311 e. The van der Waals surface area contributed by atoms with Gasteiger partial charge in [0.25, 0.3) is 0 Å². The van der Waals surface area contributed by atoms with Gasteiger partial charge in [0.2, 0.25) is 0 Å². The predicted octanol–water partition coefficient (Wildman–Crippen LogP) is 2.91. The molecule has 1 saturated carbocycles. The van der Waals surface area contributed by atoms with Gasteiger partial charge in [-0.05, 0) is 36.5 Å². The van der Waals surface area contributed by atoms with Gasteiger partial charge in [0.1, 0.15) is 0 Å². The first-order valence-corrected chi connectivity index (χ1v) is 5.48. The zero-order valence-electron chi connectivity index (χ0n) is 8.79. The molecule has 1 heterocycles. The summed E-state index contributed by atoms with van der Waals surface area (Å²) in [5.74, 6) is 3.86. The van der Waals surface area contributed by atoms with Crippen LogP contribution in [0.15, 0.2) is 23.9 Å². The molecule has 0 saturated heterocycles. The maximum absolute atomic E-state index is 3.10. The van der Waals surface area contributed by atoms with E-state index < -0.39 is 0 Å². The predicted molar refractivity (Wildman–Crippen MR) is 59.3 cm³/mol. The summed E-state index contributed by atoms with van der Waals surface area (Å²) in [5.41, 5.74) is 1.43. The zero-order valence-corrected chi connectivity index (χ0v) is 8.79. The largest absolute Gasteiger partial charge is 0.311 e. The number of rotatable bonds is 1. The van der Waals surface area contributed by atoms with Crippen molar-refractivity contribution in [3.8, 4) is 12.0 Å². The third-order valence-corrected chi connectivity index (χ3v) is 3.05. The lowest BCUT2D eigenvalue weighted by Crippen LogP contribution is -2.08. The first-order chi connectivity index (χ1) is 6.86. The van der Waals surface area contributed by atoms with Crippen molar-refractivity contribution in [1.82, 2.24) is 4.90 Å². The van der Waals surface area contributed by atoms with Crippen molar-refractivity contribution in [2.24, 2.45) is 5.92 Å². The highest BCUT2D eigenvalue weighted by molar-refractivity contribution is 5.33. The normalized spacial score (nSPS) is 22.4. The van der Waals surface area contributed by atoms with Crippen molar-refractivity contribution in [3.05, 3.63) is 23.9 Å². The van der Waals surface area contributed by atoms with Crippen molar-refractivity contribution < 1.29 is 0 Å². The van der Waals surface area contributed by atoms with E-state index in [1.807, 2.05) is 11.9 Å². The van der Waals surface area contributed by atoms with Crippen molar-refractivity contribution >= 4 is 0 Å². The van der Waals surface area contributed by atoms with Gasteiger partial charge >= 0.3 is 0 Å². The van der Waals surface area contributed by atoms with Gasteiger partial charge in [-0.2, -0.15) is 0 Å². The van der Waals surface area contributed by atoms with E-state index in [1.165, 1.54) is 37.7 Å². The summed E-state index contributed by atoms with van der Waals surface area (Å²) in [6, 6.07) is 3.03. The smallest absolute Gasteiger partial charge is 0.0196 e. The lowest BCUT2D eigenvalue weighted by molar-refractivity contribution is 0.408. The van der Waals surface area contributed by atoms with E-state index in [9.17, 15) is 0 Å². The van der Waals surface area contributed by atoms with Gasteiger partial charge in [-0.25, -0.2) is 0 Å². The minimum atomic E-state index is 0.765. The summed E-state index contributed by atoms with van der Waals surface area (Å²) < 4.78 is 0. The van der Waals surface area contributed by atoms with Gasteiger partial charge in [0.05, 0.1) is 0 Å². The maximum Gasteiger partial charge on any atom is 0.0196 e. The zero-order chi connectivity index (χ0) is 9.80. The van der Waals surface area contributed by atoms with Gasteiger partial charge in [0.15, 0.2) is 0 Å². The molecule has 0 aromatic heterocycles. The van der Waals surface area contributed by atoms with Crippen LogP contribution in [0.4, 0.5) is 0 Å². The second-order valence-electron chi connectivity index (χ2n) is 4.16. The molecule has 2 rings (SSSR count). The first kappa shape index (κ1) is 9.40. The molecule has 1 aliphatic carbocycles. The van der Waals surface area contributed by atoms with Crippen LogP contribution in [-0.2, 0) is 0 Å². The number of hydrogen-bond donors (Lipinski definition) is 0. The molecule has 2 aliphatic rings. The monoisotopic (exact) mass is 187 g/mol. The minimum absolute atomic E-state index is 0.765. The Labute approximate surface area is 86.5 Å². The van der Waals surface area contributed by atoms with Gasteiger partial charge < -0.3 is 4.90 Å². The topological polar surface area (TPSA) is 3.24 Å². The standard InChI is InChI=1S/C13H17N/c1-14-10-5-8-13(9-11-14)12-6-3-2-4-7-12/h8-9,11-12H,2-4,6-7H2,1H3. The number of nitrogens with zero attached hydrogens (tertiary/aromatic N) is 1. The molecule has 74 valence electrons. The van der Waals surface area contributed by atoms with E-state index in [0.717, 1.165) is 5.92 Å². The molecule has 0 unspecified atom stereocenters. The van der Waals surface area contributed by atoms with E-state index in [2.05, 4.69) is 30.3 Å². The molecule has 0 atom stereocenters. The fraction of sp³-hybridized carbons (Fsp3) is 0.538. The first-order valence-electron chi connectivity index (χ1n) is 5.48. The van der Waals surface area contributed by atoms with Crippen LogP contribution in [-0.4, -0.2) is 11.9 Å². The third-order valence-electron chi connectivity index (χ3n) is 3.05. The highest BCUT2D eigenvalue weighted by Gasteiger charge is 2.16. The van der Waals surface area contributed by atoms with Crippen LogP contribution >= 0.6 is 0 Å². The molecule has 0 amide bonds. The van der Waals surface area contributed by atoms with Crippen LogP contribution in [0, 0.1) is 17.9 Å². The molecule has 0 bridgehead atoms. The molecular formula is C13H17N. The SMILES string of the molecule is CN1C#CC=C(C2CCCCC2)C=C1. The molecule has 1 nitrogen and oxygen atoms in total. The fourth-order valence-corrected chi connectivity index (χ4v) is 2.19. The Morgan fingerprint density at radius 2 is 2.07 bits per heavy atom. The molecule has 0 aromatic rings. The van der Waals surface area contributed by atoms with Crippen LogP contribution < -0.4 is 0 Å². The van der Waals surface area contributed by atoms with Crippen LogP contribution in [0.25, 0.3) is 0 Å². The Hall–Kier alpha value is -1.16. The van der Waals surface area contributed by atoms with E-state index in [1.54, 1.807) is 0 Å². The maximum atomic E-state index is 3.10. The second-order valence-corrected chi connectivity index (χ2v) is 4.16. The van der Waals surface area contributed by atoms with Gasteiger partial charge in [-0.3, -0.25) is 0 Å². The summed E-state index contributed by atoms with van der Waals surface area (Å²) >= 11 is 0. The molecule has 0 aromatic carbocycles. The fourth-order valence-electron chi connectivity index (χ4n) is 2.19. The highest BCUT2D eigenvalue weighted by Crippen LogP contribution is 2.30. The Morgan fingerprint density at radius 3 is 2.86 bits per heavy atom. The van der Waals surface area contributed by atoms with E-state index in [0.29, 0.717) is 0 Å².